The highest BCUT2D eigenvalue weighted by atomic mass is 32.1. The number of carbonyl (C=O) groups excluding carboxylic acids is 1. The zero-order valence-corrected chi connectivity index (χ0v) is 17.1. The lowest BCUT2D eigenvalue weighted by molar-refractivity contribution is 0.100. The normalized spacial score (nSPS) is 10.6. The first kappa shape index (κ1) is 19.6. The lowest BCUT2D eigenvalue weighted by Crippen LogP contribution is -2.13. The second-order valence-electron chi connectivity index (χ2n) is 6.48. The van der Waals surface area contributed by atoms with Crippen molar-refractivity contribution in [3.8, 4) is 22.1 Å². The van der Waals surface area contributed by atoms with Gasteiger partial charge in [0.1, 0.15) is 17.3 Å². The number of rotatable bonds is 7. The predicted molar refractivity (Wildman–Crippen MR) is 119 cm³/mol. The molecule has 30 heavy (non-hydrogen) atoms. The molecule has 0 aliphatic rings. The minimum absolute atomic E-state index is 0.395. The van der Waals surface area contributed by atoms with Crippen LogP contribution in [0, 0.1) is 0 Å². The molecule has 1 amide bonds. The molecule has 2 aromatic heterocycles. The third kappa shape index (κ3) is 4.31. The number of pyridine rings is 1. The number of aromatic nitrogens is 2. The summed E-state index contributed by atoms with van der Waals surface area (Å²) in [5.74, 6) is 0.657. The summed E-state index contributed by atoms with van der Waals surface area (Å²) >= 11 is 1.53. The number of benzene rings is 2. The second-order valence-corrected chi connectivity index (χ2v) is 7.52. The SMILES string of the molecule is CCc1nc(-c2ccccc2)c(Oc2ccnc(Nc3ccccc3C(N)=O)c2)s1. The highest BCUT2D eigenvalue weighted by molar-refractivity contribution is 7.14. The van der Waals surface area contributed by atoms with Gasteiger partial charge in [-0.05, 0) is 24.6 Å². The fraction of sp³-hybridized carbons (Fsp3) is 0.0870. The molecule has 7 heteroatoms. The summed E-state index contributed by atoms with van der Waals surface area (Å²) < 4.78 is 6.19. The van der Waals surface area contributed by atoms with Gasteiger partial charge in [0.15, 0.2) is 0 Å². The molecular formula is C23H20N4O2S. The van der Waals surface area contributed by atoms with Gasteiger partial charge < -0.3 is 15.8 Å². The number of nitrogens with zero attached hydrogens (tertiary/aromatic N) is 2. The average Bonchev–Trinajstić information content (AvgIpc) is 3.18. The highest BCUT2D eigenvalue weighted by Gasteiger charge is 2.15. The Bertz CT molecular complexity index is 1170. The number of para-hydroxylation sites is 1. The third-order valence-electron chi connectivity index (χ3n) is 4.39. The lowest BCUT2D eigenvalue weighted by Gasteiger charge is -2.11. The van der Waals surface area contributed by atoms with Crippen molar-refractivity contribution in [3.05, 3.63) is 83.5 Å². The van der Waals surface area contributed by atoms with Crippen LogP contribution < -0.4 is 15.8 Å². The Morgan fingerprint density at radius 2 is 1.87 bits per heavy atom. The summed E-state index contributed by atoms with van der Waals surface area (Å²) in [6.45, 7) is 2.07. The van der Waals surface area contributed by atoms with Gasteiger partial charge in [-0.1, -0.05) is 60.7 Å². The molecule has 150 valence electrons. The van der Waals surface area contributed by atoms with Gasteiger partial charge >= 0.3 is 0 Å². The fourth-order valence-electron chi connectivity index (χ4n) is 2.94. The Balaban J connectivity index is 1.62. The van der Waals surface area contributed by atoms with Crippen LogP contribution >= 0.6 is 11.3 Å². The molecule has 0 unspecified atom stereocenters. The van der Waals surface area contributed by atoms with Crippen LogP contribution in [0.1, 0.15) is 22.3 Å². The number of carbonyl (C=O) groups is 1. The van der Waals surface area contributed by atoms with Crippen molar-refractivity contribution in [1.82, 2.24) is 9.97 Å². The zero-order valence-electron chi connectivity index (χ0n) is 16.3. The number of thiazole rings is 1. The van der Waals surface area contributed by atoms with Crippen LogP contribution in [0.5, 0.6) is 10.8 Å². The van der Waals surface area contributed by atoms with E-state index in [1.54, 1.807) is 36.5 Å². The van der Waals surface area contributed by atoms with Crippen LogP contribution in [-0.2, 0) is 6.42 Å². The van der Waals surface area contributed by atoms with Crippen molar-refractivity contribution in [2.75, 3.05) is 5.32 Å². The maximum atomic E-state index is 11.7. The Morgan fingerprint density at radius 3 is 2.63 bits per heavy atom. The molecule has 0 radical (unpaired) electrons. The lowest BCUT2D eigenvalue weighted by atomic mass is 10.1. The van der Waals surface area contributed by atoms with Crippen molar-refractivity contribution < 1.29 is 9.53 Å². The van der Waals surface area contributed by atoms with Crippen LogP contribution in [0.15, 0.2) is 72.9 Å². The molecule has 0 fully saturated rings. The molecule has 2 aromatic carbocycles. The number of amides is 1. The van der Waals surface area contributed by atoms with Crippen molar-refractivity contribution in [3.63, 3.8) is 0 Å². The number of hydrogen-bond acceptors (Lipinski definition) is 6. The van der Waals surface area contributed by atoms with E-state index in [2.05, 4.69) is 17.2 Å². The van der Waals surface area contributed by atoms with E-state index in [1.165, 1.54) is 11.3 Å². The Labute approximate surface area is 178 Å². The van der Waals surface area contributed by atoms with E-state index in [4.69, 9.17) is 15.5 Å². The molecule has 2 heterocycles. The Morgan fingerprint density at radius 1 is 1.10 bits per heavy atom. The molecule has 0 spiro atoms. The molecular weight excluding hydrogens is 396 g/mol. The maximum absolute atomic E-state index is 11.7. The molecule has 0 bridgehead atoms. The number of aryl methyl sites for hydroxylation is 1. The van der Waals surface area contributed by atoms with Gasteiger partial charge in [0.2, 0.25) is 5.06 Å². The van der Waals surface area contributed by atoms with Gasteiger partial charge in [0, 0.05) is 17.8 Å². The number of ether oxygens (including phenoxy) is 1. The van der Waals surface area contributed by atoms with Crippen molar-refractivity contribution in [2.45, 2.75) is 13.3 Å². The number of nitrogens with one attached hydrogen (secondary N) is 1. The second kappa shape index (κ2) is 8.75. The summed E-state index contributed by atoms with van der Waals surface area (Å²) in [4.78, 5) is 20.7. The maximum Gasteiger partial charge on any atom is 0.250 e. The largest absolute Gasteiger partial charge is 0.444 e. The molecule has 6 nitrogen and oxygen atoms in total. The molecule has 0 saturated heterocycles. The first-order valence-electron chi connectivity index (χ1n) is 9.49. The van der Waals surface area contributed by atoms with Crippen LogP contribution in [0.3, 0.4) is 0 Å². The van der Waals surface area contributed by atoms with Gasteiger partial charge in [-0.3, -0.25) is 4.79 Å². The topological polar surface area (TPSA) is 90.1 Å². The van der Waals surface area contributed by atoms with E-state index in [0.29, 0.717) is 22.8 Å². The van der Waals surface area contributed by atoms with E-state index in [0.717, 1.165) is 27.7 Å². The number of nitrogens with two attached hydrogens (primary N) is 1. The molecule has 0 aliphatic carbocycles. The van der Waals surface area contributed by atoms with Crippen LogP contribution in [0.4, 0.5) is 11.5 Å². The van der Waals surface area contributed by atoms with E-state index in [1.807, 2.05) is 36.4 Å². The van der Waals surface area contributed by atoms with E-state index in [9.17, 15) is 4.79 Å². The van der Waals surface area contributed by atoms with Crippen molar-refractivity contribution in [2.24, 2.45) is 5.73 Å². The molecule has 0 atom stereocenters. The minimum Gasteiger partial charge on any atom is -0.444 e. The zero-order chi connectivity index (χ0) is 20.9. The van der Waals surface area contributed by atoms with Gasteiger partial charge in [0.25, 0.3) is 5.91 Å². The summed E-state index contributed by atoms with van der Waals surface area (Å²) in [5.41, 5.74) is 8.27. The smallest absolute Gasteiger partial charge is 0.250 e. The first-order valence-corrected chi connectivity index (χ1v) is 10.3. The quantitative estimate of drug-likeness (QED) is 0.421. The predicted octanol–water partition coefficient (Wildman–Crippen LogP) is 5.40. The summed E-state index contributed by atoms with van der Waals surface area (Å²) in [6, 6.07) is 20.6. The van der Waals surface area contributed by atoms with Gasteiger partial charge in [-0.15, -0.1) is 0 Å². The summed E-state index contributed by atoms with van der Waals surface area (Å²) in [6.07, 6.45) is 2.48. The van der Waals surface area contributed by atoms with Crippen LogP contribution in [-0.4, -0.2) is 15.9 Å². The van der Waals surface area contributed by atoms with Gasteiger partial charge in [-0.2, -0.15) is 0 Å². The molecule has 0 saturated carbocycles. The fourth-order valence-corrected chi connectivity index (χ4v) is 3.84. The molecule has 3 N–H and O–H groups in total. The van der Waals surface area contributed by atoms with E-state index >= 15 is 0 Å². The summed E-state index contributed by atoms with van der Waals surface area (Å²) in [7, 11) is 0. The van der Waals surface area contributed by atoms with E-state index in [-0.39, 0.29) is 0 Å². The number of hydrogen-bond donors (Lipinski definition) is 2. The van der Waals surface area contributed by atoms with Crippen molar-refractivity contribution in [1.29, 1.82) is 0 Å². The van der Waals surface area contributed by atoms with E-state index < -0.39 is 5.91 Å². The van der Waals surface area contributed by atoms with Gasteiger partial charge in [0.05, 0.1) is 16.3 Å². The first-order chi connectivity index (χ1) is 14.6. The van der Waals surface area contributed by atoms with Gasteiger partial charge in [-0.25, -0.2) is 9.97 Å². The van der Waals surface area contributed by atoms with Crippen LogP contribution in [0.2, 0.25) is 0 Å². The molecule has 0 aliphatic heterocycles. The minimum atomic E-state index is -0.505. The number of primary amides is 1. The monoisotopic (exact) mass is 416 g/mol. The Kier molecular flexibility index (Phi) is 5.72. The van der Waals surface area contributed by atoms with Crippen molar-refractivity contribution >= 4 is 28.7 Å². The standard InChI is InChI=1S/C23H20N4O2S/c1-2-20-27-21(15-8-4-3-5-9-15)23(30-20)29-16-12-13-25-19(14-16)26-18-11-7-6-10-17(18)22(24)28/h3-14H,2H2,1H3,(H2,24,28)(H,25,26). The van der Waals surface area contributed by atoms with Crippen LogP contribution in [0.25, 0.3) is 11.3 Å². The Hall–Kier alpha value is -3.71. The summed E-state index contributed by atoms with van der Waals surface area (Å²) in [5, 5.41) is 4.87. The molecule has 4 rings (SSSR count). The third-order valence-corrected chi connectivity index (χ3v) is 5.46. The number of anilines is 2. The molecule has 4 aromatic rings. The highest BCUT2D eigenvalue weighted by Crippen LogP contribution is 2.39. The average molecular weight is 417 g/mol.